The van der Waals surface area contributed by atoms with Crippen LogP contribution in [0.15, 0.2) is 66.7 Å². The predicted molar refractivity (Wildman–Crippen MR) is 87.8 cm³/mol. The third kappa shape index (κ3) is 3.21. The summed E-state index contributed by atoms with van der Waals surface area (Å²) in [7, 11) is 0. The summed E-state index contributed by atoms with van der Waals surface area (Å²) in [5.74, 6) is 0.923. The lowest BCUT2D eigenvalue weighted by Gasteiger charge is -2.12. The molecular formula is C18H13ClFNO. The maximum Gasteiger partial charge on any atom is 0.137 e. The molecule has 0 aromatic heterocycles. The molecule has 0 amide bonds. The SMILES string of the molecule is Nc1ccc(-c2ccc(F)cc2)c(Oc2cccc(Cl)c2)c1. The van der Waals surface area contributed by atoms with Crippen LogP contribution in [-0.2, 0) is 0 Å². The normalized spacial score (nSPS) is 10.5. The summed E-state index contributed by atoms with van der Waals surface area (Å²) in [5.41, 5.74) is 8.11. The third-order valence-electron chi connectivity index (χ3n) is 3.18. The van der Waals surface area contributed by atoms with E-state index in [1.54, 1.807) is 36.4 Å². The molecular weight excluding hydrogens is 301 g/mol. The highest BCUT2D eigenvalue weighted by molar-refractivity contribution is 6.30. The van der Waals surface area contributed by atoms with E-state index in [9.17, 15) is 4.39 Å². The van der Waals surface area contributed by atoms with E-state index < -0.39 is 0 Å². The number of rotatable bonds is 3. The van der Waals surface area contributed by atoms with Crippen LogP contribution in [-0.4, -0.2) is 0 Å². The molecule has 0 spiro atoms. The van der Waals surface area contributed by atoms with Crippen LogP contribution in [0.2, 0.25) is 5.02 Å². The average molecular weight is 314 g/mol. The van der Waals surface area contributed by atoms with Gasteiger partial charge in [-0.2, -0.15) is 0 Å². The molecule has 3 rings (SSSR count). The molecule has 0 unspecified atom stereocenters. The third-order valence-corrected chi connectivity index (χ3v) is 3.42. The highest BCUT2D eigenvalue weighted by Gasteiger charge is 2.09. The van der Waals surface area contributed by atoms with Gasteiger partial charge in [-0.25, -0.2) is 4.39 Å². The first-order valence-electron chi connectivity index (χ1n) is 6.71. The first kappa shape index (κ1) is 14.4. The second-order valence-corrected chi connectivity index (χ2v) is 5.26. The molecule has 0 heterocycles. The quantitative estimate of drug-likeness (QED) is 0.646. The van der Waals surface area contributed by atoms with Gasteiger partial charge in [0.2, 0.25) is 0 Å². The lowest BCUT2D eigenvalue weighted by molar-refractivity contribution is 0.485. The summed E-state index contributed by atoms with van der Waals surface area (Å²) in [4.78, 5) is 0. The fourth-order valence-corrected chi connectivity index (χ4v) is 2.33. The van der Waals surface area contributed by atoms with E-state index >= 15 is 0 Å². The molecule has 0 bridgehead atoms. The second kappa shape index (κ2) is 6.08. The Morgan fingerprint density at radius 1 is 0.909 bits per heavy atom. The molecule has 0 aliphatic heterocycles. The molecule has 2 nitrogen and oxygen atoms in total. The highest BCUT2D eigenvalue weighted by atomic mass is 35.5. The van der Waals surface area contributed by atoms with E-state index in [2.05, 4.69) is 0 Å². The van der Waals surface area contributed by atoms with Gasteiger partial charge in [-0.3, -0.25) is 0 Å². The molecule has 0 saturated carbocycles. The second-order valence-electron chi connectivity index (χ2n) is 4.82. The van der Waals surface area contributed by atoms with E-state index in [-0.39, 0.29) is 5.82 Å². The Balaban J connectivity index is 2.02. The highest BCUT2D eigenvalue weighted by Crippen LogP contribution is 2.35. The van der Waals surface area contributed by atoms with Crippen LogP contribution in [0.3, 0.4) is 0 Å². The molecule has 4 heteroatoms. The topological polar surface area (TPSA) is 35.2 Å². The van der Waals surface area contributed by atoms with Gasteiger partial charge in [0.1, 0.15) is 17.3 Å². The number of halogens is 2. The molecule has 0 atom stereocenters. The van der Waals surface area contributed by atoms with Crippen LogP contribution in [0.25, 0.3) is 11.1 Å². The minimum Gasteiger partial charge on any atom is -0.457 e. The van der Waals surface area contributed by atoms with Gasteiger partial charge in [0.15, 0.2) is 0 Å². The number of benzene rings is 3. The molecule has 110 valence electrons. The summed E-state index contributed by atoms with van der Waals surface area (Å²) in [5, 5.41) is 0.588. The Morgan fingerprint density at radius 2 is 1.68 bits per heavy atom. The minimum absolute atomic E-state index is 0.281. The molecule has 3 aromatic rings. The Labute approximate surface area is 132 Å². The molecule has 0 aliphatic carbocycles. The van der Waals surface area contributed by atoms with Crippen molar-refractivity contribution in [1.82, 2.24) is 0 Å². The number of hydrogen-bond acceptors (Lipinski definition) is 2. The molecule has 3 aromatic carbocycles. The summed E-state index contributed by atoms with van der Waals surface area (Å²) >= 11 is 5.97. The zero-order valence-electron chi connectivity index (χ0n) is 11.6. The van der Waals surface area contributed by atoms with Crippen LogP contribution in [0.5, 0.6) is 11.5 Å². The van der Waals surface area contributed by atoms with Crippen molar-refractivity contribution in [3.05, 3.63) is 77.6 Å². The van der Waals surface area contributed by atoms with Crippen LogP contribution in [0, 0.1) is 5.82 Å². The first-order chi connectivity index (χ1) is 10.6. The van der Waals surface area contributed by atoms with Crippen LogP contribution in [0.4, 0.5) is 10.1 Å². The Kier molecular flexibility index (Phi) is 3.98. The number of ether oxygens (including phenoxy) is 1. The number of hydrogen-bond donors (Lipinski definition) is 1. The van der Waals surface area contributed by atoms with Crippen LogP contribution in [0.1, 0.15) is 0 Å². The van der Waals surface area contributed by atoms with Gasteiger partial charge >= 0.3 is 0 Å². The monoisotopic (exact) mass is 313 g/mol. The fourth-order valence-electron chi connectivity index (χ4n) is 2.15. The van der Waals surface area contributed by atoms with Crippen molar-refractivity contribution in [1.29, 1.82) is 0 Å². The Hall–Kier alpha value is -2.52. The van der Waals surface area contributed by atoms with Gasteiger partial charge in [-0.15, -0.1) is 0 Å². The summed E-state index contributed by atoms with van der Waals surface area (Å²) in [6, 6.07) is 18.7. The van der Waals surface area contributed by atoms with E-state index in [0.717, 1.165) is 11.1 Å². The zero-order chi connectivity index (χ0) is 15.5. The maximum absolute atomic E-state index is 13.1. The van der Waals surface area contributed by atoms with Crippen molar-refractivity contribution in [3.8, 4) is 22.6 Å². The van der Waals surface area contributed by atoms with E-state index in [1.165, 1.54) is 12.1 Å². The molecule has 0 aliphatic rings. The van der Waals surface area contributed by atoms with Crippen molar-refractivity contribution in [2.45, 2.75) is 0 Å². The minimum atomic E-state index is -0.281. The van der Waals surface area contributed by atoms with E-state index in [1.807, 2.05) is 18.2 Å². The lowest BCUT2D eigenvalue weighted by atomic mass is 10.0. The van der Waals surface area contributed by atoms with Crippen molar-refractivity contribution >= 4 is 17.3 Å². The van der Waals surface area contributed by atoms with Crippen molar-refractivity contribution in [3.63, 3.8) is 0 Å². The standard InChI is InChI=1S/C18H13ClFNO/c19-13-2-1-3-16(10-13)22-18-11-15(21)8-9-17(18)12-4-6-14(20)7-5-12/h1-11H,21H2. The first-order valence-corrected chi connectivity index (χ1v) is 7.08. The number of nitrogens with two attached hydrogens (primary N) is 1. The average Bonchev–Trinajstić information content (AvgIpc) is 2.49. The van der Waals surface area contributed by atoms with Gasteiger partial charge in [-0.05, 0) is 48.0 Å². The number of anilines is 1. The summed E-state index contributed by atoms with van der Waals surface area (Å²) in [6.07, 6.45) is 0. The smallest absolute Gasteiger partial charge is 0.137 e. The fraction of sp³-hybridized carbons (Fsp3) is 0. The predicted octanol–water partition coefficient (Wildman–Crippen LogP) is 5.52. The van der Waals surface area contributed by atoms with Crippen LogP contribution >= 0.6 is 11.6 Å². The summed E-state index contributed by atoms with van der Waals surface area (Å²) < 4.78 is 19.0. The molecule has 22 heavy (non-hydrogen) atoms. The molecule has 0 saturated heterocycles. The van der Waals surface area contributed by atoms with Gasteiger partial charge in [-0.1, -0.05) is 29.8 Å². The number of nitrogen functional groups attached to an aromatic ring is 1. The molecule has 2 N–H and O–H groups in total. The van der Waals surface area contributed by atoms with Crippen molar-refractivity contribution in [2.75, 3.05) is 5.73 Å². The Morgan fingerprint density at radius 3 is 2.41 bits per heavy atom. The van der Waals surface area contributed by atoms with Gasteiger partial charge in [0.05, 0.1) is 0 Å². The molecule has 0 radical (unpaired) electrons. The lowest BCUT2D eigenvalue weighted by Crippen LogP contribution is -1.92. The Bertz CT molecular complexity index is 802. The van der Waals surface area contributed by atoms with E-state index in [0.29, 0.717) is 22.2 Å². The van der Waals surface area contributed by atoms with Gasteiger partial charge in [0, 0.05) is 22.3 Å². The zero-order valence-corrected chi connectivity index (χ0v) is 12.3. The van der Waals surface area contributed by atoms with E-state index in [4.69, 9.17) is 22.1 Å². The molecule has 0 fully saturated rings. The van der Waals surface area contributed by atoms with Gasteiger partial charge < -0.3 is 10.5 Å². The maximum atomic E-state index is 13.1. The van der Waals surface area contributed by atoms with Crippen LogP contribution < -0.4 is 10.5 Å². The summed E-state index contributed by atoms with van der Waals surface area (Å²) in [6.45, 7) is 0. The van der Waals surface area contributed by atoms with Gasteiger partial charge in [0.25, 0.3) is 0 Å². The van der Waals surface area contributed by atoms with Crippen molar-refractivity contribution < 1.29 is 9.13 Å². The van der Waals surface area contributed by atoms with Crippen molar-refractivity contribution in [2.24, 2.45) is 0 Å². The largest absolute Gasteiger partial charge is 0.457 e.